The Hall–Kier alpha value is -2.63. The van der Waals surface area contributed by atoms with Crippen molar-refractivity contribution in [1.82, 2.24) is 19.6 Å². The third-order valence-electron chi connectivity index (χ3n) is 3.30. The molecule has 0 fully saturated rings. The molecule has 3 rings (SSSR count). The molecule has 0 aliphatic heterocycles. The lowest BCUT2D eigenvalue weighted by atomic mass is 10.2. The highest BCUT2D eigenvalue weighted by atomic mass is 16.3. The largest absolute Gasteiger partial charge is 0.456 e. The van der Waals surface area contributed by atoms with Crippen molar-refractivity contribution in [3.63, 3.8) is 0 Å². The molecule has 6 nitrogen and oxygen atoms in total. The molecule has 3 heterocycles. The number of aryl methyl sites for hydroxylation is 2. The molecule has 0 bridgehead atoms. The van der Waals surface area contributed by atoms with Crippen molar-refractivity contribution in [1.29, 1.82) is 0 Å². The summed E-state index contributed by atoms with van der Waals surface area (Å²) in [4.78, 5) is 10.6. The number of rotatable bonds is 5. The van der Waals surface area contributed by atoms with Gasteiger partial charge in [-0.15, -0.1) is 0 Å². The first-order valence-electron chi connectivity index (χ1n) is 6.81. The molecule has 0 aromatic carbocycles. The molecule has 3 aromatic heterocycles. The van der Waals surface area contributed by atoms with Gasteiger partial charge < -0.3 is 4.42 Å². The summed E-state index contributed by atoms with van der Waals surface area (Å²) in [5.74, 6) is 1.03. The molecule has 0 N–H and O–H groups in total. The minimum atomic E-state index is 0.331. The zero-order valence-electron chi connectivity index (χ0n) is 12.0. The highest BCUT2D eigenvalue weighted by molar-refractivity contribution is 5.70. The van der Waals surface area contributed by atoms with E-state index in [9.17, 15) is 4.79 Å². The predicted octanol–water partition coefficient (Wildman–Crippen LogP) is 2.53. The van der Waals surface area contributed by atoms with Gasteiger partial charge >= 0.3 is 0 Å². The van der Waals surface area contributed by atoms with E-state index in [1.165, 1.54) is 0 Å². The van der Waals surface area contributed by atoms with E-state index in [1.54, 1.807) is 16.8 Å². The third kappa shape index (κ3) is 2.65. The van der Waals surface area contributed by atoms with Gasteiger partial charge in [-0.25, -0.2) is 0 Å². The first-order chi connectivity index (χ1) is 10.2. The number of aldehydes is 1. The van der Waals surface area contributed by atoms with Crippen LogP contribution in [0.5, 0.6) is 0 Å². The van der Waals surface area contributed by atoms with Crippen molar-refractivity contribution in [2.45, 2.75) is 26.9 Å². The average molecular weight is 284 g/mol. The maximum atomic E-state index is 10.6. The fourth-order valence-corrected chi connectivity index (χ4v) is 2.23. The number of carbonyl (C=O) groups excluding carboxylic acids is 1. The summed E-state index contributed by atoms with van der Waals surface area (Å²) in [6.45, 7) is 5.36. The van der Waals surface area contributed by atoms with Gasteiger partial charge in [-0.2, -0.15) is 10.2 Å². The third-order valence-corrected chi connectivity index (χ3v) is 3.30. The van der Waals surface area contributed by atoms with E-state index < -0.39 is 0 Å². The lowest BCUT2D eigenvalue weighted by molar-refractivity contribution is 0.109. The van der Waals surface area contributed by atoms with E-state index in [1.807, 2.05) is 30.1 Å². The number of hydrogen-bond acceptors (Lipinski definition) is 4. The molecule has 6 heteroatoms. The predicted molar refractivity (Wildman–Crippen MR) is 77.1 cm³/mol. The number of carbonyl (C=O) groups is 1. The van der Waals surface area contributed by atoms with Crippen LogP contribution in [-0.4, -0.2) is 25.8 Å². The van der Waals surface area contributed by atoms with E-state index in [0.717, 1.165) is 23.5 Å². The Labute approximate surface area is 122 Å². The molecule has 0 radical (unpaired) electrons. The zero-order valence-corrected chi connectivity index (χ0v) is 12.0. The van der Waals surface area contributed by atoms with Crippen molar-refractivity contribution in [2.75, 3.05) is 0 Å². The van der Waals surface area contributed by atoms with Crippen molar-refractivity contribution in [3.8, 4) is 11.3 Å². The van der Waals surface area contributed by atoms with E-state index in [-0.39, 0.29) is 0 Å². The topological polar surface area (TPSA) is 65.8 Å². The second-order valence-electron chi connectivity index (χ2n) is 4.80. The fraction of sp³-hybridized carbons (Fsp3) is 0.267. The molecule has 0 aliphatic rings. The molecular formula is C15H16N4O2. The Kier molecular flexibility index (Phi) is 3.43. The van der Waals surface area contributed by atoms with Crippen LogP contribution in [0.1, 0.15) is 28.9 Å². The average Bonchev–Trinajstić information content (AvgIpc) is 3.19. The summed E-state index contributed by atoms with van der Waals surface area (Å²) in [6.07, 6.45) is 4.58. The Morgan fingerprint density at radius 2 is 2.10 bits per heavy atom. The Balaban J connectivity index is 1.82. The van der Waals surface area contributed by atoms with Gasteiger partial charge in [0, 0.05) is 24.5 Å². The van der Waals surface area contributed by atoms with Crippen LogP contribution in [0.25, 0.3) is 11.3 Å². The highest BCUT2D eigenvalue weighted by Crippen LogP contribution is 2.20. The molecular weight excluding hydrogens is 268 g/mol. The first kappa shape index (κ1) is 13.4. The molecule has 0 unspecified atom stereocenters. The van der Waals surface area contributed by atoms with Gasteiger partial charge in [0.25, 0.3) is 0 Å². The van der Waals surface area contributed by atoms with Crippen molar-refractivity contribution in [3.05, 3.63) is 47.8 Å². The van der Waals surface area contributed by atoms with Crippen LogP contribution in [0.4, 0.5) is 0 Å². The molecule has 0 saturated heterocycles. The fourth-order valence-electron chi connectivity index (χ4n) is 2.23. The van der Waals surface area contributed by atoms with Gasteiger partial charge in [0.2, 0.25) is 0 Å². The monoisotopic (exact) mass is 284 g/mol. The van der Waals surface area contributed by atoms with Crippen molar-refractivity contribution in [2.24, 2.45) is 0 Å². The smallest absolute Gasteiger partial charge is 0.185 e. The van der Waals surface area contributed by atoms with Gasteiger partial charge in [-0.1, -0.05) is 0 Å². The molecule has 0 amide bonds. The molecule has 3 aromatic rings. The van der Waals surface area contributed by atoms with Crippen LogP contribution in [0.2, 0.25) is 0 Å². The molecule has 0 atom stereocenters. The van der Waals surface area contributed by atoms with E-state index in [0.29, 0.717) is 24.4 Å². The molecule has 108 valence electrons. The first-order valence-corrected chi connectivity index (χ1v) is 6.81. The summed E-state index contributed by atoms with van der Waals surface area (Å²) in [6, 6.07) is 5.39. The molecule has 21 heavy (non-hydrogen) atoms. The SMILES string of the molecule is CCn1cc(-c2ccn(Cc3ccc(C=O)o3)n2)c(C)n1. The van der Waals surface area contributed by atoms with Gasteiger partial charge in [-0.05, 0) is 32.0 Å². The van der Waals surface area contributed by atoms with Gasteiger partial charge in [-0.3, -0.25) is 14.2 Å². The van der Waals surface area contributed by atoms with E-state index in [2.05, 4.69) is 17.1 Å². The van der Waals surface area contributed by atoms with Crippen LogP contribution < -0.4 is 0 Å². The van der Waals surface area contributed by atoms with Crippen LogP contribution >= 0.6 is 0 Å². The van der Waals surface area contributed by atoms with Crippen molar-refractivity contribution < 1.29 is 9.21 Å². The van der Waals surface area contributed by atoms with Crippen LogP contribution in [0.15, 0.2) is 35.0 Å². The molecule has 0 aliphatic carbocycles. The summed E-state index contributed by atoms with van der Waals surface area (Å²) < 4.78 is 9.03. The van der Waals surface area contributed by atoms with Gasteiger partial charge in [0.05, 0.1) is 17.9 Å². The minimum absolute atomic E-state index is 0.331. The second-order valence-corrected chi connectivity index (χ2v) is 4.80. The highest BCUT2D eigenvalue weighted by Gasteiger charge is 2.10. The summed E-state index contributed by atoms with van der Waals surface area (Å²) in [5.41, 5.74) is 2.88. The van der Waals surface area contributed by atoms with Crippen LogP contribution in [0, 0.1) is 6.92 Å². The van der Waals surface area contributed by atoms with Gasteiger partial charge in [0.15, 0.2) is 12.0 Å². The lowest BCUT2D eigenvalue weighted by Crippen LogP contribution is -1.99. The molecule has 0 spiro atoms. The second kappa shape index (κ2) is 5.40. The number of aromatic nitrogens is 4. The Bertz CT molecular complexity index is 766. The maximum absolute atomic E-state index is 10.6. The summed E-state index contributed by atoms with van der Waals surface area (Å²) >= 11 is 0. The number of nitrogens with zero attached hydrogens (tertiary/aromatic N) is 4. The standard InChI is InChI=1S/C15H16N4O2/c1-3-18-9-14(11(2)16-18)15-6-7-19(17-15)8-12-4-5-13(10-20)21-12/h4-7,9-10H,3,8H2,1-2H3. The lowest BCUT2D eigenvalue weighted by Gasteiger charge is -1.97. The zero-order chi connectivity index (χ0) is 14.8. The number of furan rings is 1. The summed E-state index contributed by atoms with van der Waals surface area (Å²) in [7, 11) is 0. The Morgan fingerprint density at radius 1 is 1.24 bits per heavy atom. The number of hydrogen-bond donors (Lipinski definition) is 0. The van der Waals surface area contributed by atoms with Crippen LogP contribution in [-0.2, 0) is 13.1 Å². The maximum Gasteiger partial charge on any atom is 0.185 e. The normalized spacial score (nSPS) is 11.0. The Morgan fingerprint density at radius 3 is 2.76 bits per heavy atom. The minimum Gasteiger partial charge on any atom is -0.456 e. The van der Waals surface area contributed by atoms with Crippen molar-refractivity contribution >= 4 is 6.29 Å². The van der Waals surface area contributed by atoms with E-state index >= 15 is 0 Å². The summed E-state index contributed by atoms with van der Waals surface area (Å²) in [5, 5.41) is 8.96. The molecule has 0 saturated carbocycles. The van der Waals surface area contributed by atoms with Gasteiger partial charge in [0.1, 0.15) is 5.76 Å². The quantitative estimate of drug-likeness (QED) is 0.675. The van der Waals surface area contributed by atoms with Crippen LogP contribution in [0.3, 0.4) is 0 Å². The van der Waals surface area contributed by atoms with E-state index in [4.69, 9.17) is 4.42 Å².